The molecule has 2 aromatic heterocycles. The van der Waals surface area contributed by atoms with Crippen LogP contribution in [0.2, 0.25) is 5.02 Å². The van der Waals surface area contributed by atoms with E-state index in [4.69, 9.17) is 18.0 Å². The predicted molar refractivity (Wildman–Crippen MR) is 71.8 cm³/mol. The van der Waals surface area contributed by atoms with E-state index in [1.165, 1.54) is 22.2 Å². The molecule has 2 rings (SSSR count). The zero-order chi connectivity index (χ0) is 13.0. The van der Waals surface area contributed by atoms with Crippen LogP contribution in [-0.2, 0) is 13.1 Å². The molecule has 0 aromatic carbocycles. The second-order valence-electron chi connectivity index (χ2n) is 3.37. The summed E-state index contributed by atoms with van der Waals surface area (Å²) in [5, 5.41) is 8.96. The zero-order valence-corrected chi connectivity index (χ0v) is 10.8. The van der Waals surface area contributed by atoms with Crippen LogP contribution in [0.25, 0.3) is 0 Å². The van der Waals surface area contributed by atoms with Crippen molar-refractivity contribution in [1.82, 2.24) is 14.8 Å². The molecule has 0 radical (unpaired) electrons. The van der Waals surface area contributed by atoms with Crippen molar-refractivity contribution in [3.05, 3.63) is 38.2 Å². The Kier molecular flexibility index (Phi) is 3.97. The van der Waals surface area contributed by atoms with Gasteiger partial charge in [0.1, 0.15) is 12.2 Å². The molecule has 0 aliphatic rings. The third-order valence-electron chi connectivity index (χ3n) is 2.17. The van der Waals surface area contributed by atoms with Crippen molar-refractivity contribution >= 4 is 28.6 Å². The van der Waals surface area contributed by atoms with Gasteiger partial charge in [0.25, 0.3) is 5.56 Å². The van der Waals surface area contributed by atoms with Crippen LogP contribution < -0.4 is 10.9 Å². The first-order valence-corrected chi connectivity index (χ1v) is 6.34. The topological polar surface area (TPSA) is 59.8 Å². The van der Waals surface area contributed by atoms with E-state index in [2.05, 4.69) is 21.3 Å². The molecule has 18 heavy (non-hydrogen) atoms. The summed E-state index contributed by atoms with van der Waals surface area (Å²) in [6.07, 6.45) is 6.55. The average Bonchev–Trinajstić information content (AvgIpc) is 2.86. The Morgan fingerprint density at radius 3 is 3.11 bits per heavy atom. The molecule has 0 fully saturated rings. The highest BCUT2D eigenvalue weighted by molar-refractivity contribution is 7.07. The predicted octanol–water partition coefficient (Wildman–Crippen LogP) is 1.60. The van der Waals surface area contributed by atoms with Gasteiger partial charge in [-0.15, -0.1) is 17.8 Å². The van der Waals surface area contributed by atoms with Crippen molar-refractivity contribution < 1.29 is 0 Å². The highest BCUT2D eigenvalue weighted by atomic mass is 35.5. The van der Waals surface area contributed by atoms with Crippen molar-refractivity contribution in [3.63, 3.8) is 0 Å². The van der Waals surface area contributed by atoms with Gasteiger partial charge in [0.15, 0.2) is 0 Å². The summed E-state index contributed by atoms with van der Waals surface area (Å²) >= 11 is 7.42. The van der Waals surface area contributed by atoms with Crippen LogP contribution in [-0.4, -0.2) is 14.8 Å². The molecule has 0 saturated heterocycles. The van der Waals surface area contributed by atoms with Gasteiger partial charge in [-0.2, -0.15) is 5.10 Å². The van der Waals surface area contributed by atoms with E-state index in [1.54, 1.807) is 5.51 Å². The lowest BCUT2D eigenvalue weighted by Gasteiger charge is -2.08. The van der Waals surface area contributed by atoms with Gasteiger partial charge >= 0.3 is 0 Å². The van der Waals surface area contributed by atoms with Gasteiger partial charge in [-0.05, 0) is 0 Å². The van der Waals surface area contributed by atoms with Crippen LogP contribution in [0.4, 0.5) is 5.69 Å². The number of hydrogen-bond donors (Lipinski definition) is 1. The molecule has 92 valence electrons. The van der Waals surface area contributed by atoms with E-state index >= 15 is 0 Å². The van der Waals surface area contributed by atoms with E-state index in [1.807, 2.05) is 5.38 Å². The van der Waals surface area contributed by atoms with E-state index in [-0.39, 0.29) is 22.8 Å². The molecule has 1 N–H and O–H groups in total. The highest BCUT2D eigenvalue weighted by Crippen LogP contribution is 2.16. The fraction of sp³-hybridized carbons (Fsp3) is 0.182. The molecule has 2 heterocycles. The maximum absolute atomic E-state index is 12.0. The van der Waals surface area contributed by atoms with E-state index in [0.717, 1.165) is 5.69 Å². The van der Waals surface area contributed by atoms with Crippen LogP contribution in [0.15, 0.2) is 21.9 Å². The molecular formula is C11H9ClN4OS. The summed E-state index contributed by atoms with van der Waals surface area (Å²) in [6, 6.07) is 0. The van der Waals surface area contributed by atoms with Crippen LogP contribution >= 0.6 is 22.9 Å². The average molecular weight is 281 g/mol. The molecule has 2 aromatic rings. The Labute approximate surface area is 112 Å². The Morgan fingerprint density at radius 1 is 1.61 bits per heavy atom. The number of anilines is 1. The minimum Gasteiger partial charge on any atom is -0.374 e. The van der Waals surface area contributed by atoms with E-state index < -0.39 is 0 Å². The Morgan fingerprint density at radius 2 is 2.44 bits per heavy atom. The molecule has 0 atom stereocenters. The quantitative estimate of drug-likeness (QED) is 0.864. The molecular weight excluding hydrogens is 272 g/mol. The molecule has 0 spiro atoms. The molecule has 0 amide bonds. The van der Waals surface area contributed by atoms with Gasteiger partial charge in [-0.25, -0.2) is 9.67 Å². The van der Waals surface area contributed by atoms with E-state index in [0.29, 0.717) is 6.54 Å². The lowest BCUT2D eigenvalue weighted by molar-refractivity contribution is 0.664. The largest absolute Gasteiger partial charge is 0.374 e. The van der Waals surface area contributed by atoms with Gasteiger partial charge < -0.3 is 5.32 Å². The van der Waals surface area contributed by atoms with Gasteiger partial charge in [0.05, 0.1) is 29.0 Å². The van der Waals surface area contributed by atoms with Gasteiger partial charge in [0.2, 0.25) is 0 Å². The third-order valence-corrected chi connectivity index (χ3v) is 3.09. The summed E-state index contributed by atoms with van der Waals surface area (Å²) in [7, 11) is 0. The monoisotopic (exact) mass is 280 g/mol. The lowest BCUT2D eigenvalue weighted by atomic mass is 10.4. The van der Waals surface area contributed by atoms with Crippen molar-refractivity contribution in [2.24, 2.45) is 0 Å². The fourth-order valence-corrected chi connectivity index (χ4v) is 2.08. The number of nitrogens with one attached hydrogen (secondary N) is 1. The van der Waals surface area contributed by atoms with Crippen LogP contribution in [0, 0.1) is 12.3 Å². The zero-order valence-electron chi connectivity index (χ0n) is 9.26. The summed E-state index contributed by atoms with van der Waals surface area (Å²) in [5.41, 5.74) is 2.52. The minimum absolute atomic E-state index is 0.112. The maximum atomic E-state index is 12.0. The number of terminal acetylenes is 1. The van der Waals surface area contributed by atoms with Crippen LogP contribution in [0.5, 0.6) is 0 Å². The number of nitrogens with zero attached hydrogens (tertiary/aromatic N) is 3. The van der Waals surface area contributed by atoms with Crippen LogP contribution in [0.3, 0.4) is 0 Å². The van der Waals surface area contributed by atoms with Gasteiger partial charge in [-0.1, -0.05) is 17.5 Å². The second kappa shape index (κ2) is 5.67. The number of hydrogen-bond acceptors (Lipinski definition) is 5. The molecule has 0 bridgehead atoms. The second-order valence-corrected chi connectivity index (χ2v) is 4.49. The summed E-state index contributed by atoms with van der Waals surface area (Å²) in [4.78, 5) is 16.1. The van der Waals surface area contributed by atoms with Crippen molar-refractivity contribution in [1.29, 1.82) is 0 Å². The first kappa shape index (κ1) is 12.6. The standard InChI is InChI=1S/C11H9ClN4OS/c1-2-3-16-11(17)10(9(12)5-15-16)13-4-8-6-18-7-14-8/h1,5-7,13H,3-4H2. The first-order chi connectivity index (χ1) is 8.72. The number of thiazole rings is 1. The first-order valence-electron chi connectivity index (χ1n) is 5.02. The van der Waals surface area contributed by atoms with Crippen LogP contribution in [0.1, 0.15) is 5.69 Å². The normalized spacial score (nSPS) is 10.0. The highest BCUT2D eigenvalue weighted by Gasteiger charge is 2.09. The summed E-state index contributed by atoms with van der Waals surface area (Å²) in [6.45, 7) is 0.542. The summed E-state index contributed by atoms with van der Waals surface area (Å²) in [5.74, 6) is 2.36. The minimum atomic E-state index is -0.337. The van der Waals surface area contributed by atoms with Gasteiger partial charge in [-0.3, -0.25) is 4.79 Å². The van der Waals surface area contributed by atoms with Crippen molar-refractivity contribution in [2.45, 2.75) is 13.1 Å². The molecule has 0 aliphatic heterocycles. The van der Waals surface area contributed by atoms with E-state index in [9.17, 15) is 4.79 Å². The fourth-order valence-electron chi connectivity index (χ4n) is 1.33. The number of rotatable bonds is 4. The maximum Gasteiger partial charge on any atom is 0.292 e. The number of aromatic nitrogens is 3. The Balaban J connectivity index is 2.24. The van der Waals surface area contributed by atoms with Crippen molar-refractivity contribution in [3.8, 4) is 12.3 Å². The Hall–Kier alpha value is -1.84. The van der Waals surface area contributed by atoms with Crippen molar-refractivity contribution in [2.75, 3.05) is 5.32 Å². The third kappa shape index (κ3) is 2.70. The Bertz CT molecular complexity index is 629. The molecule has 7 heteroatoms. The SMILES string of the molecule is C#CCn1ncc(Cl)c(NCc2cscn2)c1=O. The summed E-state index contributed by atoms with van der Waals surface area (Å²) < 4.78 is 1.18. The smallest absolute Gasteiger partial charge is 0.292 e. The van der Waals surface area contributed by atoms with Gasteiger partial charge in [0, 0.05) is 5.38 Å². The molecule has 0 unspecified atom stereocenters. The molecule has 0 saturated carbocycles. The number of halogens is 1. The lowest BCUT2D eigenvalue weighted by Crippen LogP contribution is -2.25. The molecule has 0 aliphatic carbocycles. The molecule has 5 nitrogen and oxygen atoms in total.